The Kier molecular flexibility index (Phi) is 5.41. The molecule has 0 radical (unpaired) electrons. The molecule has 1 aromatic rings. The van der Waals surface area contributed by atoms with E-state index < -0.39 is 0 Å². The molecule has 1 aromatic heterocycles. The summed E-state index contributed by atoms with van der Waals surface area (Å²) in [7, 11) is 1.74. The van der Waals surface area contributed by atoms with Crippen LogP contribution in [0.2, 0.25) is 0 Å². The van der Waals surface area contributed by atoms with Gasteiger partial charge in [-0.15, -0.1) is 11.3 Å². The third kappa shape index (κ3) is 3.67. The number of aromatic nitrogens is 1. The second kappa shape index (κ2) is 7.07. The van der Waals surface area contributed by atoms with E-state index in [9.17, 15) is 0 Å². The quantitative estimate of drug-likeness (QED) is 0.802. The summed E-state index contributed by atoms with van der Waals surface area (Å²) in [5, 5.41) is 6.80. The molecule has 18 heavy (non-hydrogen) atoms. The van der Waals surface area contributed by atoms with Gasteiger partial charge in [0.2, 0.25) is 0 Å². The van der Waals surface area contributed by atoms with Gasteiger partial charge in [-0.05, 0) is 26.2 Å². The van der Waals surface area contributed by atoms with Crippen LogP contribution in [-0.2, 0) is 4.74 Å². The van der Waals surface area contributed by atoms with E-state index in [1.165, 1.54) is 24.4 Å². The Hall–Kier alpha value is -0.650. The molecule has 1 saturated heterocycles. The number of hydrogen-bond donors (Lipinski definition) is 1. The molecule has 1 aliphatic heterocycles. The summed E-state index contributed by atoms with van der Waals surface area (Å²) in [5.74, 6) is 0. The molecule has 0 amide bonds. The molecule has 0 aliphatic carbocycles. The normalized spacial score (nSPS) is 20.3. The first kappa shape index (κ1) is 13.8. The molecule has 1 atom stereocenters. The number of aryl methyl sites for hydroxylation is 1. The Morgan fingerprint density at radius 3 is 3.17 bits per heavy atom. The van der Waals surface area contributed by atoms with Crippen LogP contribution in [0.5, 0.6) is 0 Å². The van der Waals surface area contributed by atoms with Gasteiger partial charge in [0.05, 0.1) is 12.3 Å². The van der Waals surface area contributed by atoms with Gasteiger partial charge in [0.1, 0.15) is 0 Å². The first-order chi connectivity index (χ1) is 8.81. The van der Waals surface area contributed by atoms with E-state index in [-0.39, 0.29) is 0 Å². The van der Waals surface area contributed by atoms with Gasteiger partial charge >= 0.3 is 0 Å². The maximum atomic E-state index is 5.06. The SMILES string of the molecule is COCCNCC1CCCCN1c1nc(C)cs1. The van der Waals surface area contributed by atoms with Gasteiger partial charge in [0.25, 0.3) is 0 Å². The van der Waals surface area contributed by atoms with Crippen LogP contribution in [0.3, 0.4) is 0 Å². The Morgan fingerprint density at radius 2 is 2.44 bits per heavy atom. The number of nitrogens with zero attached hydrogens (tertiary/aromatic N) is 2. The van der Waals surface area contributed by atoms with Gasteiger partial charge in [-0.2, -0.15) is 0 Å². The molecule has 2 heterocycles. The zero-order chi connectivity index (χ0) is 12.8. The highest BCUT2D eigenvalue weighted by atomic mass is 32.1. The van der Waals surface area contributed by atoms with E-state index in [1.807, 2.05) is 0 Å². The van der Waals surface area contributed by atoms with Gasteiger partial charge in [0.15, 0.2) is 5.13 Å². The van der Waals surface area contributed by atoms with E-state index >= 15 is 0 Å². The molecule has 1 aliphatic rings. The summed E-state index contributed by atoms with van der Waals surface area (Å²) in [5.41, 5.74) is 1.13. The van der Waals surface area contributed by atoms with Gasteiger partial charge in [-0.25, -0.2) is 4.98 Å². The highest BCUT2D eigenvalue weighted by Crippen LogP contribution is 2.27. The number of hydrogen-bond acceptors (Lipinski definition) is 5. The molecular weight excluding hydrogens is 246 g/mol. The van der Waals surface area contributed by atoms with Gasteiger partial charge in [-0.1, -0.05) is 0 Å². The van der Waals surface area contributed by atoms with Gasteiger partial charge < -0.3 is 15.0 Å². The Labute approximate surface area is 113 Å². The number of piperidine rings is 1. The number of anilines is 1. The molecule has 4 nitrogen and oxygen atoms in total. The Bertz CT molecular complexity index is 356. The maximum Gasteiger partial charge on any atom is 0.185 e. The minimum atomic E-state index is 0.584. The van der Waals surface area contributed by atoms with E-state index in [4.69, 9.17) is 4.74 Å². The fraction of sp³-hybridized carbons (Fsp3) is 0.769. The van der Waals surface area contributed by atoms with Crippen molar-refractivity contribution in [2.75, 3.05) is 38.3 Å². The average molecular weight is 269 g/mol. The molecule has 1 fully saturated rings. The van der Waals surface area contributed by atoms with Crippen molar-refractivity contribution in [3.05, 3.63) is 11.1 Å². The van der Waals surface area contributed by atoms with Crippen molar-refractivity contribution in [1.82, 2.24) is 10.3 Å². The van der Waals surface area contributed by atoms with Crippen molar-refractivity contribution in [2.24, 2.45) is 0 Å². The summed E-state index contributed by atoms with van der Waals surface area (Å²) in [6.45, 7) is 5.95. The predicted molar refractivity (Wildman–Crippen MR) is 76.6 cm³/mol. The molecule has 1 N–H and O–H groups in total. The van der Waals surface area contributed by atoms with Crippen LogP contribution >= 0.6 is 11.3 Å². The first-order valence-corrected chi connectivity index (χ1v) is 7.57. The van der Waals surface area contributed by atoms with Crippen LogP contribution in [0.15, 0.2) is 5.38 Å². The molecule has 0 saturated carbocycles. The lowest BCUT2D eigenvalue weighted by atomic mass is 10.0. The largest absolute Gasteiger partial charge is 0.383 e. The number of ether oxygens (including phenoxy) is 1. The van der Waals surface area contributed by atoms with Crippen molar-refractivity contribution in [3.8, 4) is 0 Å². The van der Waals surface area contributed by atoms with Gasteiger partial charge in [0, 0.05) is 38.2 Å². The number of thiazole rings is 1. The fourth-order valence-electron chi connectivity index (χ4n) is 2.38. The van der Waals surface area contributed by atoms with Crippen LogP contribution in [0, 0.1) is 6.92 Å². The molecule has 102 valence electrons. The number of rotatable bonds is 6. The van der Waals surface area contributed by atoms with Crippen LogP contribution < -0.4 is 10.2 Å². The lowest BCUT2D eigenvalue weighted by molar-refractivity contribution is 0.198. The second-order valence-electron chi connectivity index (χ2n) is 4.81. The number of nitrogens with one attached hydrogen (secondary N) is 1. The molecular formula is C13H23N3OS. The van der Waals surface area contributed by atoms with E-state index in [0.717, 1.165) is 31.9 Å². The standard InChI is InChI=1S/C13H23N3OS/c1-11-10-18-13(15-11)16-7-4-3-5-12(16)9-14-6-8-17-2/h10,12,14H,3-9H2,1-2H3. The molecule has 2 rings (SSSR count). The van der Waals surface area contributed by atoms with E-state index in [1.54, 1.807) is 18.4 Å². The number of methoxy groups -OCH3 is 1. The van der Waals surface area contributed by atoms with Crippen molar-refractivity contribution in [1.29, 1.82) is 0 Å². The minimum Gasteiger partial charge on any atom is -0.383 e. The van der Waals surface area contributed by atoms with Gasteiger partial charge in [-0.3, -0.25) is 0 Å². The summed E-state index contributed by atoms with van der Waals surface area (Å²) in [6.07, 6.45) is 3.88. The average Bonchev–Trinajstić information content (AvgIpc) is 2.82. The maximum absolute atomic E-state index is 5.06. The summed E-state index contributed by atoms with van der Waals surface area (Å²) in [4.78, 5) is 7.09. The van der Waals surface area contributed by atoms with E-state index in [2.05, 4.69) is 27.5 Å². The molecule has 1 unspecified atom stereocenters. The predicted octanol–water partition coefficient (Wildman–Crippen LogP) is 2.05. The van der Waals surface area contributed by atoms with Crippen molar-refractivity contribution in [2.45, 2.75) is 32.2 Å². The smallest absolute Gasteiger partial charge is 0.185 e. The van der Waals surface area contributed by atoms with Crippen LogP contribution in [-0.4, -0.2) is 44.4 Å². The lowest BCUT2D eigenvalue weighted by Crippen LogP contribution is -2.46. The monoisotopic (exact) mass is 269 g/mol. The second-order valence-corrected chi connectivity index (χ2v) is 5.65. The summed E-state index contributed by atoms with van der Waals surface area (Å²) < 4.78 is 5.06. The highest BCUT2D eigenvalue weighted by molar-refractivity contribution is 7.13. The van der Waals surface area contributed by atoms with Crippen molar-refractivity contribution in [3.63, 3.8) is 0 Å². The Balaban J connectivity index is 1.89. The van der Waals surface area contributed by atoms with Crippen LogP contribution in [0.25, 0.3) is 0 Å². The molecule has 0 bridgehead atoms. The van der Waals surface area contributed by atoms with Crippen LogP contribution in [0.4, 0.5) is 5.13 Å². The molecule has 5 heteroatoms. The van der Waals surface area contributed by atoms with Crippen molar-refractivity contribution >= 4 is 16.5 Å². The summed E-state index contributed by atoms with van der Waals surface area (Å²) >= 11 is 1.77. The lowest BCUT2D eigenvalue weighted by Gasteiger charge is -2.35. The third-order valence-electron chi connectivity index (χ3n) is 3.34. The zero-order valence-electron chi connectivity index (χ0n) is 11.3. The summed E-state index contributed by atoms with van der Waals surface area (Å²) in [6, 6.07) is 0.584. The highest BCUT2D eigenvalue weighted by Gasteiger charge is 2.24. The minimum absolute atomic E-state index is 0.584. The molecule has 0 aromatic carbocycles. The first-order valence-electron chi connectivity index (χ1n) is 6.69. The molecule has 0 spiro atoms. The van der Waals surface area contributed by atoms with Crippen molar-refractivity contribution < 1.29 is 4.74 Å². The third-order valence-corrected chi connectivity index (χ3v) is 4.34. The topological polar surface area (TPSA) is 37.4 Å². The Morgan fingerprint density at radius 1 is 1.56 bits per heavy atom. The van der Waals surface area contributed by atoms with Crippen LogP contribution in [0.1, 0.15) is 25.0 Å². The van der Waals surface area contributed by atoms with E-state index in [0.29, 0.717) is 6.04 Å². The zero-order valence-corrected chi connectivity index (χ0v) is 12.1. The fourth-order valence-corrected chi connectivity index (χ4v) is 3.28.